The van der Waals surface area contributed by atoms with Gasteiger partial charge in [0.1, 0.15) is 11.5 Å². The van der Waals surface area contributed by atoms with Gasteiger partial charge in [-0.2, -0.15) is 9.91 Å². The molecular weight excluding hydrogens is 741 g/mol. The second kappa shape index (κ2) is 12.2. The van der Waals surface area contributed by atoms with E-state index < -0.39 is 64.7 Å². The van der Waals surface area contributed by atoms with Crippen LogP contribution in [0.15, 0.2) is 76.8 Å². The molecule has 0 aromatic heterocycles. The lowest BCUT2D eigenvalue weighted by molar-refractivity contribution is -0.140. The predicted molar refractivity (Wildman–Crippen MR) is 181 cm³/mol. The number of carbonyl (C=O) groups is 5. The van der Waals surface area contributed by atoms with Crippen LogP contribution in [0.25, 0.3) is 0 Å². The fraction of sp³-hybridized carbons (Fsp3) is 0.286. The number of hydrazine groups is 1. The van der Waals surface area contributed by atoms with E-state index in [1.54, 1.807) is 48.5 Å². The maximum Gasteiger partial charge on any atom is 0.423 e. The summed E-state index contributed by atoms with van der Waals surface area (Å²) >= 11 is 16.1. The van der Waals surface area contributed by atoms with Gasteiger partial charge < -0.3 is 14.6 Å². The Bertz CT molecular complexity index is 1990. The molecule has 2 aliphatic carbocycles. The second-order valence-electron chi connectivity index (χ2n) is 12.4. The Morgan fingerprint density at radius 2 is 1.69 bits per heavy atom. The van der Waals surface area contributed by atoms with Crippen molar-refractivity contribution in [2.24, 2.45) is 23.7 Å². The lowest BCUT2D eigenvalue weighted by Crippen LogP contribution is -2.53. The van der Waals surface area contributed by atoms with E-state index >= 15 is 4.79 Å². The molecule has 11 nitrogen and oxygen atoms in total. The van der Waals surface area contributed by atoms with Crippen molar-refractivity contribution in [3.05, 3.63) is 98.0 Å². The smallest absolute Gasteiger partial charge is 0.423 e. The number of ether oxygens (including phenoxy) is 2. The third-order valence-corrected chi connectivity index (χ3v) is 11.3. The number of aromatic hydroxyl groups is 1. The van der Waals surface area contributed by atoms with Crippen molar-refractivity contribution in [2.45, 2.75) is 24.2 Å². The van der Waals surface area contributed by atoms with Crippen LogP contribution in [-0.2, 0) is 29.3 Å². The summed E-state index contributed by atoms with van der Waals surface area (Å²) in [5, 5.41) is 12.9. The molecule has 6 atom stereocenters. The summed E-state index contributed by atoms with van der Waals surface area (Å²) in [5.74, 6) is -6.98. The van der Waals surface area contributed by atoms with E-state index in [4.69, 9.17) is 32.7 Å². The highest BCUT2D eigenvalue weighted by atomic mass is 79.9. The summed E-state index contributed by atoms with van der Waals surface area (Å²) in [5.41, 5.74) is 2.91. The van der Waals surface area contributed by atoms with Crippen molar-refractivity contribution >= 4 is 74.5 Å². The zero-order chi connectivity index (χ0) is 34.9. The minimum absolute atomic E-state index is 0.0184. The SMILES string of the molecule is COC(=O)N1C(=O)[C@H]2[C@H](CC=C3[C@H]2C[C@H]2C(=O)N(Nc4ccc(Cl)cc4Cl)C(=O)[C@@]2(c2ccc(OC)cc2)[C@H]3c2cc(Br)ccc2O)C1=O. The van der Waals surface area contributed by atoms with Gasteiger partial charge in [-0.15, -0.1) is 0 Å². The van der Waals surface area contributed by atoms with Crippen LogP contribution < -0.4 is 10.2 Å². The van der Waals surface area contributed by atoms with Gasteiger partial charge in [-0.25, -0.2) is 4.79 Å². The van der Waals surface area contributed by atoms with Crippen molar-refractivity contribution in [3.63, 3.8) is 0 Å². The van der Waals surface area contributed by atoms with E-state index in [1.165, 1.54) is 19.2 Å². The Hall–Kier alpha value is -4.39. The number of allylic oxidation sites excluding steroid dienone is 2. The van der Waals surface area contributed by atoms with Gasteiger partial charge in [0.05, 0.1) is 48.1 Å². The normalized spacial score (nSPS) is 27.4. The number of halogens is 3. The molecular formula is C35H28BrCl2N3O8. The number of likely N-dealkylation sites (tertiary alicyclic amines) is 1. The summed E-state index contributed by atoms with van der Waals surface area (Å²) in [6.45, 7) is 0. The van der Waals surface area contributed by atoms with Crippen LogP contribution >= 0.6 is 39.1 Å². The number of rotatable bonds is 5. The zero-order valence-electron chi connectivity index (χ0n) is 26.0. The third kappa shape index (κ3) is 4.86. The number of nitrogens with one attached hydrogen (secondary N) is 1. The molecule has 14 heteroatoms. The molecule has 3 fully saturated rings. The average Bonchev–Trinajstić information content (AvgIpc) is 3.47. The predicted octanol–water partition coefficient (Wildman–Crippen LogP) is 6.22. The first-order chi connectivity index (χ1) is 23.4. The zero-order valence-corrected chi connectivity index (χ0v) is 29.1. The van der Waals surface area contributed by atoms with Gasteiger partial charge in [0, 0.05) is 21.0 Å². The summed E-state index contributed by atoms with van der Waals surface area (Å²) in [7, 11) is 2.60. The van der Waals surface area contributed by atoms with Crippen molar-refractivity contribution in [2.75, 3.05) is 19.6 Å². The fourth-order valence-electron chi connectivity index (χ4n) is 8.22. The number of carbonyl (C=O) groups excluding carboxylic acids is 5. The Labute approximate surface area is 298 Å². The first kappa shape index (κ1) is 33.1. The van der Waals surface area contributed by atoms with Gasteiger partial charge in [0.2, 0.25) is 11.8 Å². The van der Waals surface area contributed by atoms with Gasteiger partial charge >= 0.3 is 6.09 Å². The first-order valence-electron chi connectivity index (χ1n) is 15.3. The van der Waals surface area contributed by atoms with E-state index in [-0.39, 0.29) is 29.3 Å². The summed E-state index contributed by atoms with van der Waals surface area (Å²) < 4.78 is 10.8. The lowest BCUT2D eigenvalue weighted by Gasteiger charge is -2.50. The Morgan fingerprint density at radius 3 is 2.37 bits per heavy atom. The monoisotopic (exact) mass is 767 g/mol. The molecule has 0 bridgehead atoms. The van der Waals surface area contributed by atoms with Crippen LogP contribution in [0, 0.1) is 23.7 Å². The topological polar surface area (TPSA) is 143 Å². The van der Waals surface area contributed by atoms with E-state index in [0.717, 1.165) is 12.1 Å². The quantitative estimate of drug-likeness (QED) is 0.229. The Balaban J connectivity index is 1.47. The Kier molecular flexibility index (Phi) is 8.24. The van der Waals surface area contributed by atoms with E-state index in [9.17, 15) is 24.3 Å². The fourth-order valence-corrected chi connectivity index (χ4v) is 9.05. The van der Waals surface area contributed by atoms with E-state index in [2.05, 4.69) is 21.4 Å². The number of nitrogens with zero attached hydrogens (tertiary/aromatic N) is 2. The van der Waals surface area contributed by atoms with Gasteiger partial charge in [-0.1, -0.05) is 62.9 Å². The maximum absolute atomic E-state index is 15.2. The number of phenols is 1. The molecule has 1 saturated carbocycles. The average molecular weight is 769 g/mol. The second-order valence-corrected chi connectivity index (χ2v) is 14.2. The Morgan fingerprint density at radius 1 is 0.959 bits per heavy atom. The van der Waals surface area contributed by atoms with Crippen LogP contribution in [0.4, 0.5) is 10.5 Å². The number of amides is 5. The van der Waals surface area contributed by atoms with Crippen LogP contribution in [0.1, 0.15) is 29.9 Å². The number of fused-ring (bicyclic) bond motifs is 4. The van der Waals surface area contributed by atoms with Crippen LogP contribution in [0.5, 0.6) is 11.5 Å². The number of hydrogen-bond acceptors (Lipinski definition) is 9. The largest absolute Gasteiger partial charge is 0.508 e. The van der Waals surface area contributed by atoms with Crippen molar-refractivity contribution in [1.82, 2.24) is 9.91 Å². The van der Waals surface area contributed by atoms with Crippen LogP contribution in [-0.4, -0.2) is 59.0 Å². The molecule has 0 radical (unpaired) electrons. The molecule has 252 valence electrons. The molecule has 49 heavy (non-hydrogen) atoms. The number of benzene rings is 3. The molecule has 2 aliphatic heterocycles. The van der Waals surface area contributed by atoms with Crippen molar-refractivity contribution in [3.8, 4) is 11.5 Å². The number of methoxy groups -OCH3 is 2. The van der Waals surface area contributed by atoms with Crippen molar-refractivity contribution < 1.29 is 38.6 Å². The summed E-state index contributed by atoms with van der Waals surface area (Å²) in [6.07, 6.45) is 0.801. The molecule has 2 heterocycles. The number of anilines is 1. The number of phenolic OH excluding ortho intramolecular Hbond substituents is 1. The van der Waals surface area contributed by atoms with Crippen LogP contribution in [0.3, 0.4) is 0 Å². The molecule has 4 aliphatic rings. The molecule has 3 aromatic rings. The molecule has 7 rings (SSSR count). The van der Waals surface area contributed by atoms with Crippen molar-refractivity contribution in [1.29, 1.82) is 0 Å². The molecule has 0 unspecified atom stereocenters. The molecule has 2 N–H and O–H groups in total. The highest BCUT2D eigenvalue weighted by Gasteiger charge is 2.71. The van der Waals surface area contributed by atoms with Gasteiger partial charge in [-0.3, -0.25) is 24.6 Å². The highest BCUT2D eigenvalue weighted by molar-refractivity contribution is 9.10. The van der Waals surface area contributed by atoms with E-state index in [0.29, 0.717) is 36.8 Å². The maximum atomic E-state index is 15.2. The van der Waals surface area contributed by atoms with E-state index in [1.807, 2.05) is 6.08 Å². The van der Waals surface area contributed by atoms with Crippen LogP contribution in [0.2, 0.25) is 10.0 Å². The van der Waals surface area contributed by atoms with Gasteiger partial charge in [-0.05, 0) is 72.9 Å². The molecule has 3 aromatic carbocycles. The molecule has 0 spiro atoms. The summed E-state index contributed by atoms with van der Waals surface area (Å²) in [4.78, 5) is 70.4. The summed E-state index contributed by atoms with van der Waals surface area (Å²) in [6, 6.07) is 16.2. The van der Waals surface area contributed by atoms with Gasteiger partial charge in [0.15, 0.2) is 0 Å². The number of hydrogen-bond donors (Lipinski definition) is 2. The minimum Gasteiger partial charge on any atom is -0.508 e. The third-order valence-electron chi connectivity index (χ3n) is 10.2. The highest BCUT2D eigenvalue weighted by Crippen LogP contribution is 2.65. The molecule has 5 amide bonds. The minimum atomic E-state index is -1.66. The standard InChI is InChI=1S/C35H28BrCl2N3O8/c1-48-19-7-3-16(4-8-19)35-24(31(44)41(33(35)46)39-26-11-6-18(37)14-25(26)38)15-22-20(29(35)23-13-17(36)5-12-27(23)42)9-10-21-28(22)32(45)40(30(21)43)34(47)49-2/h3-9,11-14,21-22,24,28-29,39,42H,10,15H2,1-2H3/t21-,22+,24-,28-,29+,35+/m0/s1. The molecule has 2 saturated heterocycles. The van der Waals surface area contributed by atoms with Gasteiger partial charge in [0.25, 0.3) is 11.8 Å². The number of imide groups is 4. The lowest BCUT2D eigenvalue weighted by atomic mass is 9.49. The first-order valence-corrected chi connectivity index (χ1v) is 16.9.